The van der Waals surface area contributed by atoms with Gasteiger partial charge in [0.25, 0.3) is 0 Å². The van der Waals surface area contributed by atoms with E-state index in [-0.39, 0.29) is 6.42 Å². The Kier molecular flexibility index (Phi) is 4.63. The van der Waals surface area contributed by atoms with Crippen molar-refractivity contribution in [2.24, 2.45) is 0 Å². The van der Waals surface area contributed by atoms with Crippen molar-refractivity contribution >= 4 is 40.7 Å². The number of rotatable bonds is 5. The van der Waals surface area contributed by atoms with E-state index in [4.69, 9.17) is 16.7 Å². The molecule has 0 atom stereocenters. The van der Waals surface area contributed by atoms with E-state index in [0.717, 1.165) is 20.7 Å². The fraction of sp³-hybridized carbons (Fsp3) is 0.167. The highest BCUT2D eigenvalue weighted by Gasteiger charge is 2.06. The second-order valence-electron chi connectivity index (χ2n) is 3.59. The lowest BCUT2D eigenvalue weighted by molar-refractivity contribution is -0.136. The molecule has 0 spiro atoms. The van der Waals surface area contributed by atoms with E-state index in [1.165, 1.54) is 11.3 Å². The van der Waals surface area contributed by atoms with Crippen LogP contribution in [0.4, 0.5) is 0 Å². The Morgan fingerprint density at radius 3 is 3.06 bits per heavy atom. The molecule has 94 valence electrons. The summed E-state index contributed by atoms with van der Waals surface area (Å²) in [5, 5.41) is 11.2. The summed E-state index contributed by atoms with van der Waals surface area (Å²) < 4.78 is 0.881. The van der Waals surface area contributed by atoms with Crippen LogP contribution in [0.2, 0.25) is 5.02 Å². The molecule has 2 aromatic rings. The summed E-state index contributed by atoms with van der Waals surface area (Å²) in [6.45, 7) is 0. The molecule has 0 aliphatic rings. The van der Waals surface area contributed by atoms with E-state index in [1.54, 1.807) is 17.1 Å². The van der Waals surface area contributed by atoms with Crippen molar-refractivity contribution in [1.29, 1.82) is 0 Å². The highest BCUT2D eigenvalue weighted by Crippen LogP contribution is 2.27. The van der Waals surface area contributed by atoms with Crippen LogP contribution in [0.3, 0.4) is 0 Å². The van der Waals surface area contributed by atoms with Gasteiger partial charge in [-0.15, -0.1) is 11.3 Å². The van der Waals surface area contributed by atoms with Crippen LogP contribution in [0.5, 0.6) is 0 Å². The minimum Gasteiger partial charge on any atom is -0.481 e. The second-order valence-corrected chi connectivity index (χ2v) is 6.11. The maximum absolute atomic E-state index is 10.5. The smallest absolute Gasteiger partial charge is 0.309 e. The van der Waals surface area contributed by atoms with Crippen LogP contribution in [-0.4, -0.2) is 16.1 Å². The van der Waals surface area contributed by atoms with Crippen LogP contribution >= 0.6 is 34.7 Å². The average molecular weight is 300 g/mol. The van der Waals surface area contributed by atoms with E-state index in [1.807, 2.05) is 24.3 Å². The minimum atomic E-state index is -0.855. The van der Waals surface area contributed by atoms with Crippen LogP contribution in [0.1, 0.15) is 11.3 Å². The standard InChI is InChI=1S/C12H10ClNO2S2/c13-9-3-1-2-8(4-9)6-17-12-14-10(7-18-12)5-11(15)16/h1-4,7H,5-6H2,(H,15,16). The number of halogens is 1. The number of thioether (sulfide) groups is 1. The molecule has 0 aliphatic heterocycles. The SMILES string of the molecule is O=C(O)Cc1csc(SCc2cccc(Cl)c2)n1. The lowest BCUT2D eigenvalue weighted by atomic mass is 10.2. The van der Waals surface area contributed by atoms with E-state index < -0.39 is 5.97 Å². The molecule has 1 heterocycles. The molecule has 1 aromatic carbocycles. The summed E-state index contributed by atoms with van der Waals surface area (Å²) in [5.74, 6) is -0.0766. The highest BCUT2D eigenvalue weighted by molar-refractivity contribution is 8.00. The molecule has 18 heavy (non-hydrogen) atoms. The highest BCUT2D eigenvalue weighted by atomic mass is 35.5. The largest absolute Gasteiger partial charge is 0.481 e. The van der Waals surface area contributed by atoms with E-state index in [0.29, 0.717) is 5.69 Å². The molecule has 0 unspecified atom stereocenters. The van der Waals surface area contributed by atoms with Crippen molar-refractivity contribution in [3.05, 3.63) is 45.9 Å². The molecule has 1 N–H and O–H groups in total. The molecular formula is C12H10ClNO2S2. The Bertz CT molecular complexity index is 557. The molecule has 3 nitrogen and oxygen atoms in total. The fourth-order valence-corrected chi connectivity index (χ4v) is 3.36. The van der Waals surface area contributed by atoms with Gasteiger partial charge < -0.3 is 5.11 Å². The molecule has 0 saturated carbocycles. The van der Waals surface area contributed by atoms with Crippen molar-refractivity contribution in [2.45, 2.75) is 16.5 Å². The molecule has 6 heteroatoms. The summed E-state index contributed by atoms with van der Waals surface area (Å²) in [5.41, 5.74) is 1.74. The molecule has 0 fully saturated rings. The molecule has 0 saturated heterocycles. The van der Waals surface area contributed by atoms with E-state index in [9.17, 15) is 4.79 Å². The van der Waals surface area contributed by atoms with E-state index in [2.05, 4.69) is 4.98 Å². The van der Waals surface area contributed by atoms with E-state index >= 15 is 0 Å². The summed E-state index contributed by atoms with van der Waals surface area (Å²) in [6.07, 6.45) is -0.0196. The summed E-state index contributed by atoms with van der Waals surface area (Å²) in [6, 6.07) is 7.67. The number of carboxylic acid groups (broad SMARTS) is 1. The number of carbonyl (C=O) groups is 1. The third kappa shape index (κ3) is 4.01. The molecule has 0 amide bonds. The molecule has 1 aromatic heterocycles. The number of benzene rings is 1. The third-order valence-corrected chi connectivity index (χ3v) is 4.49. The number of aromatic nitrogens is 1. The zero-order valence-corrected chi connectivity index (χ0v) is 11.7. The van der Waals surface area contributed by atoms with Gasteiger partial charge in [0, 0.05) is 16.2 Å². The van der Waals surface area contributed by atoms with Crippen molar-refractivity contribution < 1.29 is 9.90 Å². The van der Waals surface area contributed by atoms with Gasteiger partial charge in [0.05, 0.1) is 12.1 Å². The van der Waals surface area contributed by atoms with Crippen molar-refractivity contribution in [3.8, 4) is 0 Å². The van der Waals surface area contributed by atoms with Gasteiger partial charge in [0.2, 0.25) is 0 Å². The number of hydrogen-bond acceptors (Lipinski definition) is 4. The van der Waals surface area contributed by atoms with Gasteiger partial charge >= 0.3 is 5.97 Å². The lowest BCUT2D eigenvalue weighted by Crippen LogP contribution is -1.99. The first kappa shape index (κ1) is 13.4. The Morgan fingerprint density at radius 1 is 1.50 bits per heavy atom. The zero-order valence-electron chi connectivity index (χ0n) is 9.30. The average Bonchev–Trinajstić information content (AvgIpc) is 2.73. The Labute approximate surface area is 118 Å². The predicted octanol–water partition coefficient (Wildman–Crippen LogP) is 3.72. The topological polar surface area (TPSA) is 50.2 Å². The summed E-state index contributed by atoms with van der Waals surface area (Å²) in [7, 11) is 0. The lowest BCUT2D eigenvalue weighted by Gasteiger charge is -1.99. The zero-order chi connectivity index (χ0) is 13.0. The number of nitrogens with zero attached hydrogens (tertiary/aromatic N) is 1. The molecule has 2 rings (SSSR count). The maximum atomic E-state index is 10.5. The number of hydrogen-bond donors (Lipinski definition) is 1. The second kappa shape index (κ2) is 6.22. The first-order valence-electron chi connectivity index (χ1n) is 5.17. The quantitative estimate of drug-likeness (QED) is 0.855. The van der Waals surface area contributed by atoms with Crippen molar-refractivity contribution in [3.63, 3.8) is 0 Å². The van der Waals surface area contributed by atoms with Gasteiger partial charge in [-0.25, -0.2) is 4.98 Å². The van der Waals surface area contributed by atoms with Crippen LogP contribution in [0.25, 0.3) is 0 Å². The minimum absolute atomic E-state index is 0.0196. The normalized spacial score (nSPS) is 10.5. The Hall–Kier alpha value is -1.04. The van der Waals surface area contributed by atoms with Crippen LogP contribution in [0, 0.1) is 0 Å². The fourth-order valence-electron chi connectivity index (χ4n) is 1.36. The van der Waals surface area contributed by atoms with Gasteiger partial charge in [-0.05, 0) is 17.7 Å². The van der Waals surface area contributed by atoms with Crippen LogP contribution in [0.15, 0.2) is 34.0 Å². The van der Waals surface area contributed by atoms with Gasteiger partial charge in [0.1, 0.15) is 4.34 Å². The summed E-state index contributed by atoms with van der Waals surface area (Å²) in [4.78, 5) is 14.8. The van der Waals surface area contributed by atoms with Gasteiger partial charge in [-0.3, -0.25) is 4.79 Å². The number of thiazole rings is 1. The molecule has 0 bridgehead atoms. The first-order valence-corrected chi connectivity index (χ1v) is 7.41. The number of aliphatic carboxylic acids is 1. The van der Waals surface area contributed by atoms with Gasteiger partial charge in [0.15, 0.2) is 0 Å². The van der Waals surface area contributed by atoms with Crippen LogP contribution in [-0.2, 0) is 17.0 Å². The van der Waals surface area contributed by atoms with Crippen molar-refractivity contribution in [2.75, 3.05) is 0 Å². The molecule has 0 radical (unpaired) electrons. The van der Waals surface area contributed by atoms with Gasteiger partial charge in [-0.2, -0.15) is 0 Å². The predicted molar refractivity (Wildman–Crippen MR) is 74.5 cm³/mol. The van der Waals surface area contributed by atoms with Crippen molar-refractivity contribution in [1.82, 2.24) is 4.98 Å². The third-order valence-electron chi connectivity index (χ3n) is 2.11. The van der Waals surface area contributed by atoms with Gasteiger partial charge in [-0.1, -0.05) is 35.5 Å². The first-order chi connectivity index (χ1) is 8.63. The molecule has 0 aliphatic carbocycles. The Morgan fingerprint density at radius 2 is 2.33 bits per heavy atom. The maximum Gasteiger partial charge on any atom is 0.309 e. The number of carboxylic acids is 1. The summed E-state index contributed by atoms with van der Waals surface area (Å²) >= 11 is 8.96. The monoisotopic (exact) mass is 299 g/mol. The Balaban J connectivity index is 1.94. The van der Waals surface area contributed by atoms with Crippen LogP contribution < -0.4 is 0 Å². The molecular weight excluding hydrogens is 290 g/mol.